The van der Waals surface area contributed by atoms with Gasteiger partial charge in [-0.25, -0.2) is 4.79 Å². The number of aromatic nitrogens is 5. The van der Waals surface area contributed by atoms with Crippen LogP contribution < -0.4 is 10.6 Å². The van der Waals surface area contributed by atoms with Gasteiger partial charge < -0.3 is 10.1 Å². The van der Waals surface area contributed by atoms with Gasteiger partial charge in [0, 0.05) is 11.1 Å². The number of rotatable bonds is 4. The van der Waals surface area contributed by atoms with Crippen LogP contribution in [-0.2, 0) is 16.1 Å². The summed E-state index contributed by atoms with van der Waals surface area (Å²) in [6.07, 6.45) is 2.34. The number of anilines is 2. The molecule has 23 heavy (non-hydrogen) atoms. The van der Waals surface area contributed by atoms with Crippen molar-refractivity contribution in [2.75, 3.05) is 17.7 Å². The maximum Gasteiger partial charge on any atom is 0.412 e. The predicted octanol–water partition coefficient (Wildman–Crippen LogP) is 0.971. The molecule has 10 nitrogen and oxygen atoms in total. The van der Waals surface area contributed by atoms with Crippen LogP contribution in [0, 0.1) is 0 Å². The van der Waals surface area contributed by atoms with E-state index in [0.29, 0.717) is 5.69 Å². The van der Waals surface area contributed by atoms with Gasteiger partial charge in [-0.05, 0) is 18.2 Å². The van der Waals surface area contributed by atoms with E-state index in [1.54, 1.807) is 18.3 Å². The quantitative estimate of drug-likeness (QED) is 0.658. The summed E-state index contributed by atoms with van der Waals surface area (Å²) in [6.45, 7) is -0.0910. The number of H-pyrrole nitrogens is 1. The number of ether oxygens (including phenoxy) is 1. The largest absolute Gasteiger partial charge is 0.453 e. The molecule has 3 rings (SSSR count). The number of carbonyl (C=O) groups is 2. The van der Waals surface area contributed by atoms with Crippen LogP contribution in [-0.4, -0.2) is 44.3 Å². The highest BCUT2D eigenvalue weighted by atomic mass is 16.5. The third-order valence-electron chi connectivity index (χ3n) is 2.96. The van der Waals surface area contributed by atoms with Crippen LogP contribution in [0.3, 0.4) is 0 Å². The van der Waals surface area contributed by atoms with E-state index < -0.39 is 6.09 Å². The van der Waals surface area contributed by atoms with Gasteiger partial charge in [-0.2, -0.15) is 15.0 Å². The number of carbonyl (C=O) groups excluding carboxylic acids is 2. The Morgan fingerprint density at radius 2 is 2.17 bits per heavy atom. The fraction of sp³-hybridized carbons (Fsp3) is 0.154. The minimum Gasteiger partial charge on any atom is -0.453 e. The van der Waals surface area contributed by atoms with Crippen molar-refractivity contribution >= 4 is 34.4 Å². The first kappa shape index (κ1) is 14.5. The second-order valence-corrected chi connectivity index (χ2v) is 4.60. The number of nitrogens with one attached hydrogen (secondary N) is 3. The highest BCUT2D eigenvalue weighted by Gasteiger charge is 2.09. The summed E-state index contributed by atoms with van der Waals surface area (Å²) < 4.78 is 4.44. The predicted molar refractivity (Wildman–Crippen MR) is 80.8 cm³/mol. The first-order valence-corrected chi connectivity index (χ1v) is 6.62. The molecule has 2 heterocycles. The van der Waals surface area contributed by atoms with E-state index in [-0.39, 0.29) is 18.3 Å². The van der Waals surface area contributed by atoms with Crippen LogP contribution in [0.2, 0.25) is 0 Å². The summed E-state index contributed by atoms with van der Waals surface area (Å²) >= 11 is 0. The monoisotopic (exact) mass is 315 g/mol. The molecule has 3 aromatic rings. The zero-order chi connectivity index (χ0) is 16.2. The van der Waals surface area contributed by atoms with Crippen LogP contribution in [0.25, 0.3) is 10.9 Å². The van der Waals surface area contributed by atoms with E-state index in [1.807, 2.05) is 6.07 Å². The van der Waals surface area contributed by atoms with Gasteiger partial charge in [0.15, 0.2) is 5.82 Å². The van der Waals surface area contributed by atoms with Crippen LogP contribution in [0.4, 0.5) is 16.3 Å². The maximum absolute atomic E-state index is 12.0. The van der Waals surface area contributed by atoms with Gasteiger partial charge >= 0.3 is 6.09 Å². The molecule has 0 saturated heterocycles. The van der Waals surface area contributed by atoms with Crippen LogP contribution >= 0.6 is 0 Å². The third-order valence-corrected chi connectivity index (χ3v) is 2.96. The average molecular weight is 315 g/mol. The van der Waals surface area contributed by atoms with Gasteiger partial charge in [0.05, 0.1) is 25.0 Å². The van der Waals surface area contributed by atoms with Crippen LogP contribution in [0.15, 0.2) is 30.6 Å². The van der Waals surface area contributed by atoms with Crippen LogP contribution in [0.5, 0.6) is 0 Å². The normalized spacial score (nSPS) is 10.5. The Bertz CT molecular complexity index is 854. The topological polar surface area (TPSA) is 127 Å². The summed E-state index contributed by atoms with van der Waals surface area (Å²) in [5.41, 5.74) is 1.53. The lowest BCUT2D eigenvalue weighted by Gasteiger charge is -2.04. The zero-order valence-corrected chi connectivity index (χ0v) is 12.1. The second kappa shape index (κ2) is 6.13. The number of nitrogens with zero attached hydrogens (tertiary/aromatic N) is 4. The molecule has 0 radical (unpaired) electrons. The maximum atomic E-state index is 12.0. The number of aromatic amines is 1. The first-order valence-electron chi connectivity index (χ1n) is 6.62. The van der Waals surface area contributed by atoms with Crippen molar-refractivity contribution < 1.29 is 14.3 Å². The van der Waals surface area contributed by atoms with Crippen molar-refractivity contribution in [2.24, 2.45) is 0 Å². The molecule has 0 aliphatic heterocycles. The number of methoxy groups -OCH3 is 1. The fourth-order valence-electron chi connectivity index (χ4n) is 1.94. The molecule has 0 fully saturated rings. The smallest absolute Gasteiger partial charge is 0.412 e. The zero-order valence-electron chi connectivity index (χ0n) is 12.1. The van der Waals surface area contributed by atoms with Crippen molar-refractivity contribution in [1.82, 2.24) is 25.2 Å². The molecule has 2 aromatic heterocycles. The highest BCUT2D eigenvalue weighted by molar-refractivity contribution is 5.93. The number of amides is 2. The minimum atomic E-state index is -0.657. The Morgan fingerprint density at radius 3 is 3.00 bits per heavy atom. The second-order valence-electron chi connectivity index (χ2n) is 4.60. The molecule has 0 atom stereocenters. The number of hydrogen-bond acceptors (Lipinski definition) is 6. The lowest BCUT2D eigenvalue weighted by molar-refractivity contribution is -0.117. The van der Waals surface area contributed by atoms with E-state index in [2.05, 4.69) is 35.8 Å². The number of hydrogen-bond donors (Lipinski definition) is 3. The Kier molecular flexibility index (Phi) is 3.87. The minimum absolute atomic E-state index is 0.0910. The van der Waals surface area contributed by atoms with E-state index in [4.69, 9.17) is 0 Å². The average Bonchev–Trinajstić information content (AvgIpc) is 3.15. The Labute approximate surface area is 129 Å². The molecular weight excluding hydrogens is 302 g/mol. The molecule has 2 amide bonds. The summed E-state index contributed by atoms with van der Waals surface area (Å²) in [4.78, 5) is 24.2. The molecular formula is C13H13N7O3. The molecule has 10 heteroatoms. The van der Waals surface area contributed by atoms with E-state index in [9.17, 15) is 9.59 Å². The lowest BCUT2D eigenvalue weighted by atomic mass is 10.2. The number of fused-ring (bicyclic) bond motifs is 1. The van der Waals surface area contributed by atoms with Gasteiger partial charge in [0.1, 0.15) is 6.54 Å². The van der Waals surface area contributed by atoms with Gasteiger partial charge in [-0.15, -0.1) is 5.10 Å². The number of benzene rings is 1. The molecule has 0 spiro atoms. The van der Waals surface area contributed by atoms with Crippen molar-refractivity contribution in [3.05, 3.63) is 30.6 Å². The SMILES string of the molecule is COC(=O)Nc1cnn(CC(=O)Nc2ccc3[nH]ncc3c2)n1. The first-order chi connectivity index (χ1) is 11.1. The van der Waals surface area contributed by atoms with Gasteiger partial charge in [-0.3, -0.25) is 15.2 Å². The molecule has 1 aromatic carbocycles. The Hall–Kier alpha value is -3.43. The molecule has 118 valence electrons. The van der Waals surface area contributed by atoms with Gasteiger partial charge in [-0.1, -0.05) is 0 Å². The van der Waals surface area contributed by atoms with Gasteiger partial charge in [0.2, 0.25) is 5.91 Å². The van der Waals surface area contributed by atoms with Crippen molar-refractivity contribution in [1.29, 1.82) is 0 Å². The van der Waals surface area contributed by atoms with Crippen molar-refractivity contribution in [3.8, 4) is 0 Å². The molecule has 0 aliphatic rings. The standard InChI is InChI=1S/C13H13N7O3/c1-23-13(22)17-11-6-15-20(19-11)7-12(21)16-9-2-3-10-8(4-9)5-14-18-10/h2-6H,7H2,1H3,(H,14,18)(H,16,21)(H,17,19,22). The third kappa shape index (κ3) is 3.43. The van der Waals surface area contributed by atoms with E-state index in [1.165, 1.54) is 13.3 Å². The molecule has 0 bridgehead atoms. The summed E-state index contributed by atoms with van der Waals surface area (Å²) in [6, 6.07) is 5.39. The Balaban J connectivity index is 1.61. The molecule has 3 N–H and O–H groups in total. The van der Waals surface area contributed by atoms with Crippen molar-refractivity contribution in [3.63, 3.8) is 0 Å². The molecule has 0 saturated carbocycles. The molecule has 0 unspecified atom stereocenters. The summed E-state index contributed by atoms with van der Waals surface area (Å²) in [5, 5.41) is 20.6. The summed E-state index contributed by atoms with van der Waals surface area (Å²) in [7, 11) is 1.24. The molecule has 0 aliphatic carbocycles. The fourth-order valence-corrected chi connectivity index (χ4v) is 1.94. The van der Waals surface area contributed by atoms with E-state index >= 15 is 0 Å². The van der Waals surface area contributed by atoms with Crippen LogP contribution in [0.1, 0.15) is 0 Å². The Morgan fingerprint density at radius 1 is 1.30 bits per heavy atom. The highest BCUT2D eigenvalue weighted by Crippen LogP contribution is 2.16. The van der Waals surface area contributed by atoms with E-state index in [0.717, 1.165) is 15.7 Å². The lowest BCUT2D eigenvalue weighted by Crippen LogP contribution is -2.20. The summed E-state index contributed by atoms with van der Waals surface area (Å²) in [5.74, 6) is -0.0995. The van der Waals surface area contributed by atoms with Crippen molar-refractivity contribution in [2.45, 2.75) is 6.54 Å². The van der Waals surface area contributed by atoms with Gasteiger partial charge in [0.25, 0.3) is 0 Å².